The summed E-state index contributed by atoms with van der Waals surface area (Å²) < 4.78 is 11.5. The molecule has 25 heavy (non-hydrogen) atoms. The number of halogens is 1. The fourth-order valence-corrected chi connectivity index (χ4v) is 4.14. The standard InChI is InChI=1S/C19H29N3O2.HI/c1-4-24-17-12-16(19(17)5-7-23-8-6-19)22-18(20)21-15-10-13(2)9-14(3)11-15;/h9-11,16-17H,4-8,12H2,1-3H3,(H3,20,21,22);1H. The Morgan fingerprint density at radius 2 is 1.92 bits per heavy atom. The van der Waals surface area contributed by atoms with E-state index in [0.29, 0.717) is 5.96 Å². The Morgan fingerprint density at radius 3 is 2.52 bits per heavy atom. The van der Waals surface area contributed by atoms with Gasteiger partial charge >= 0.3 is 0 Å². The highest BCUT2D eigenvalue weighted by atomic mass is 127. The van der Waals surface area contributed by atoms with E-state index in [2.05, 4.69) is 44.3 Å². The summed E-state index contributed by atoms with van der Waals surface area (Å²) in [6.07, 6.45) is 3.24. The fourth-order valence-electron chi connectivity index (χ4n) is 4.14. The first-order valence-electron chi connectivity index (χ1n) is 8.91. The summed E-state index contributed by atoms with van der Waals surface area (Å²) in [5.41, 5.74) is 9.72. The number of anilines is 1. The molecule has 0 radical (unpaired) electrons. The molecule has 1 heterocycles. The predicted molar refractivity (Wildman–Crippen MR) is 113 cm³/mol. The Hall–Kier alpha value is -0.860. The first-order valence-corrected chi connectivity index (χ1v) is 8.91. The molecule has 1 aromatic carbocycles. The van der Waals surface area contributed by atoms with Gasteiger partial charge in [0.05, 0.1) is 12.1 Å². The average Bonchev–Trinajstić information content (AvgIpc) is 2.53. The average molecular weight is 459 g/mol. The zero-order valence-corrected chi connectivity index (χ0v) is 17.7. The van der Waals surface area contributed by atoms with Crippen molar-refractivity contribution in [3.8, 4) is 0 Å². The number of nitrogens with two attached hydrogens (primary N) is 1. The minimum atomic E-state index is 0. The quantitative estimate of drug-likeness (QED) is 0.410. The van der Waals surface area contributed by atoms with Gasteiger partial charge in [0.15, 0.2) is 5.96 Å². The number of nitrogens with zero attached hydrogens (tertiary/aromatic N) is 1. The second-order valence-corrected chi connectivity index (χ2v) is 7.06. The number of nitrogens with one attached hydrogen (secondary N) is 1. The smallest absolute Gasteiger partial charge is 0.193 e. The van der Waals surface area contributed by atoms with Crippen LogP contribution in [0.4, 0.5) is 5.69 Å². The summed E-state index contributed by atoms with van der Waals surface area (Å²) in [4.78, 5) is 4.79. The molecule has 1 aliphatic heterocycles. The molecule has 0 bridgehead atoms. The lowest BCUT2D eigenvalue weighted by atomic mass is 9.58. The van der Waals surface area contributed by atoms with Crippen LogP contribution in [0.3, 0.4) is 0 Å². The number of aliphatic imine (C=N–C) groups is 1. The molecule has 0 aromatic heterocycles. The third-order valence-corrected chi connectivity index (χ3v) is 5.32. The van der Waals surface area contributed by atoms with Crippen LogP contribution < -0.4 is 11.1 Å². The molecule has 1 saturated carbocycles. The summed E-state index contributed by atoms with van der Waals surface area (Å²) in [5.74, 6) is 0.491. The normalized spacial score (nSPS) is 25.2. The number of benzene rings is 1. The molecule has 140 valence electrons. The van der Waals surface area contributed by atoms with E-state index in [1.54, 1.807) is 0 Å². The van der Waals surface area contributed by atoms with Crippen molar-refractivity contribution in [2.24, 2.45) is 16.1 Å². The summed E-state index contributed by atoms with van der Waals surface area (Å²) in [7, 11) is 0. The number of hydrogen-bond donors (Lipinski definition) is 2. The number of rotatable bonds is 4. The van der Waals surface area contributed by atoms with Gasteiger partial charge < -0.3 is 20.5 Å². The SMILES string of the molecule is CCOC1CC(N=C(N)Nc2cc(C)cc(C)c2)C12CCOCC2.I. The van der Waals surface area contributed by atoms with Crippen molar-refractivity contribution in [1.82, 2.24) is 0 Å². The lowest BCUT2D eigenvalue weighted by molar-refractivity contribution is -0.163. The lowest BCUT2D eigenvalue weighted by Crippen LogP contribution is -2.60. The molecule has 3 rings (SSSR count). The van der Waals surface area contributed by atoms with Crippen LogP contribution in [-0.2, 0) is 9.47 Å². The van der Waals surface area contributed by atoms with E-state index >= 15 is 0 Å². The Kier molecular flexibility index (Phi) is 7.10. The Labute approximate surface area is 167 Å². The highest BCUT2D eigenvalue weighted by molar-refractivity contribution is 14.0. The Morgan fingerprint density at radius 1 is 1.28 bits per heavy atom. The van der Waals surface area contributed by atoms with Gasteiger partial charge in [-0.25, -0.2) is 4.99 Å². The Balaban J connectivity index is 0.00000225. The molecule has 6 heteroatoms. The van der Waals surface area contributed by atoms with Gasteiger partial charge in [0, 0.05) is 30.9 Å². The zero-order valence-electron chi connectivity index (χ0n) is 15.4. The summed E-state index contributed by atoms with van der Waals surface area (Å²) in [5, 5.41) is 3.25. The topological polar surface area (TPSA) is 68.9 Å². The van der Waals surface area contributed by atoms with Gasteiger partial charge in [-0.2, -0.15) is 0 Å². The molecule has 2 atom stereocenters. The van der Waals surface area contributed by atoms with Gasteiger partial charge in [-0.3, -0.25) is 0 Å². The molecule has 1 aromatic rings. The van der Waals surface area contributed by atoms with E-state index in [9.17, 15) is 0 Å². The van der Waals surface area contributed by atoms with E-state index in [4.69, 9.17) is 20.2 Å². The van der Waals surface area contributed by atoms with E-state index in [0.717, 1.165) is 44.8 Å². The molecule has 2 unspecified atom stereocenters. The van der Waals surface area contributed by atoms with Gasteiger partial charge in [-0.1, -0.05) is 6.07 Å². The van der Waals surface area contributed by atoms with Gasteiger partial charge in [0.1, 0.15) is 0 Å². The molecule has 3 N–H and O–H groups in total. The Bertz CT molecular complexity index is 594. The van der Waals surface area contributed by atoms with E-state index < -0.39 is 0 Å². The van der Waals surface area contributed by atoms with Crippen LogP contribution in [0.1, 0.15) is 37.3 Å². The molecular weight excluding hydrogens is 429 g/mol. The van der Waals surface area contributed by atoms with E-state index in [1.807, 2.05) is 0 Å². The number of guanidine groups is 1. The van der Waals surface area contributed by atoms with Crippen LogP contribution >= 0.6 is 24.0 Å². The molecule has 2 aliphatic rings. The molecule has 5 nitrogen and oxygen atoms in total. The maximum atomic E-state index is 6.19. The maximum absolute atomic E-state index is 6.19. The minimum Gasteiger partial charge on any atom is -0.381 e. The number of ether oxygens (including phenoxy) is 2. The second kappa shape index (κ2) is 8.68. The van der Waals surface area contributed by atoms with Crippen molar-refractivity contribution in [3.05, 3.63) is 29.3 Å². The fraction of sp³-hybridized carbons (Fsp3) is 0.632. The summed E-state index contributed by atoms with van der Waals surface area (Å²) in [6, 6.07) is 6.54. The van der Waals surface area contributed by atoms with Crippen LogP contribution in [-0.4, -0.2) is 37.9 Å². The van der Waals surface area contributed by atoms with Crippen LogP contribution in [0.5, 0.6) is 0 Å². The van der Waals surface area contributed by atoms with Crippen molar-refractivity contribution >= 4 is 35.6 Å². The monoisotopic (exact) mass is 459 g/mol. The van der Waals surface area contributed by atoms with Crippen LogP contribution in [0, 0.1) is 19.3 Å². The summed E-state index contributed by atoms with van der Waals surface area (Å²) >= 11 is 0. The van der Waals surface area contributed by atoms with Gasteiger partial charge in [-0.05, 0) is 63.3 Å². The van der Waals surface area contributed by atoms with Gasteiger partial charge in [0.2, 0.25) is 0 Å². The van der Waals surface area contributed by atoms with Crippen LogP contribution in [0.15, 0.2) is 23.2 Å². The largest absolute Gasteiger partial charge is 0.381 e. The van der Waals surface area contributed by atoms with E-state index in [1.165, 1.54) is 11.1 Å². The lowest BCUT2D eigenvalue weighted by Gasteiger charge is -2.55. The maximum Gasteiger partial charge on any atom is 0.193 e. The zero-order chi connectivity index (χ0) is 17.2. The molecule has 2 fully saturated rings. The van der Waals surface area contributed by atoms with Crippen molar-refractivity contribution in [2.75, 3.05) is 25.1 Å². The van der Waals surface area contributed by atoms with Gasteiger partial charge in [-0.15, -0.1) is 24.0 Å². The molecule has 0 amide bonds. The van der Waals surface area contributed by atoms with Gasteiger partial charge in [0.25, 0.3) is 0 Å². The second-order valence-electron chi connectivity index (χ2n) is 7.06. The van der Waals surface area contributed by atoms with Crippen molar-refractivity contribution < 1.29 is 9.47 Å². The predicted octanol–water partition coefficient (Wildman–Crippen LogP) is 3.62. The highest BCUT2D eigenvalue weighted by Crippen LogP contribution is 2.52. The van der Waals surface area contributed by atoms with Crippen molar-refractivity contribution in [1.29, 1.82) is 0 Å². The first-order chi connectivity index (χ1) is 11.5. The third-order valence-electron chi connectivity index (χ3n) is 5.32. The van der Waals surface area contributed by atoms with Crippen molar-refractivity contribution in [2.45, 2.75) is 52.2 Å². The number of hydrogen-bond acceptors (Lipinski definition) is 3. The highest BCUT2D eigenvalue weighted by Gasteiger charge is 2.56. The van der Waals surface area contributed by atoms with Crippen molar-refractivity contribution in [3.63, 3.8) is 0 Å². The van der Waals surface area contributed by atoms with Crippen LogP contribution in [0.25, 0.3) is 0 Å². The minimum absolute atomic E-state index is 0. The molecule has 1 saturated heterocycles. The summed E-state index contributed by atoms with van der Waals surface area (Å²) in [6.45, 7) is 8.56. The molecule has 1 aliphatic carbocycles. The first kappa shape index (κ1) is 20.5. The molecule has 1 spiro atoms. The number of aryl methyl sites for hydroxylation is 2. The van der Waals surface area contributed by atoms with Crippen LogP contribution in [0.2, 0.25) is 0 Å². The molecular formula is C19H30IN3O2. The third kappa shape index (κ3) is 4.46. The van der Waals surface area contributed by atoms with E-state index in [-0.39, 0.29) is 41.5 Å².